The van der Waals surface area contributed by atoms with Crippen LogP contribution in [0.25, 0.3) is 0 Å². The number of carbonyl (C=O) groups excluding carboxylic acids is 1. The zero-order chi connectivity index (χ0) is 16.7. The van der Waals surface area contributed by atoms with Crippen molar-refractivity contribution < 1.29 is 14.7 Å². The second-order valence-corrected chi connectivity index (χ2v) is 7.21. The summed E-state index contributed by atoms with van der Waals surface area (Å²) in [7, 11) is 0. The summed E-state index contributed by atoms with van der Waals surface area (Å²) in [6.07, 6.45) is 4.80. The van der Waals surface area contributed by atoms with Gasteiger partial charge in [0.15, 0.2) is 11.5 Å². The van der Waals surface area contributed by atoms with Crippen LogP contribution in [0.15, 0.2) is 12.1 Å². The van der Waals surface area contributed by atoms with E-state index in [9.17, 15) is 14.7 Å². The lowest BCUT2D eigenvalue weighted by Crippen LogP contribution is -2.37. The van der Waals surface area contributed by atoms with Gasteiger partial charge in [0.05, 0.1) is 5.41 Å². The van der Waals surface area contributed by atoms with E-state index >= 15 is 0 Å². The highest BCUT2D eigenvalue weighted by atomic mass is 16.4. The highest BCUT2D eigenvalue weighted by Crippen LogP contribution is 2.49. The summed E-state index contributed by atoms with van der Waals surface area (Å²) in [6, 6.07) is 3.56. The number of anilines is 1. The maximum atomic E-state index is 12.7. The minimum atomic E-state index is -0.768. The molecule has 2 aliphatic heterocycles. The van der Waals surface area contributed by atoms with Crippen molar-refractivity contribution in [2.45, 2.75) is 32.1 Å². The molecule has 1 saturated carbocycles. The van der Waals surface area contributed by atoms with Crippen molar-refractivity contribution in [1.29, 1.82) is 0 Å². The quantitative estimate of drug-likeness (QED) is 0.901. The minimum Gasteiger partial charge on any atom is -0.481 e. The Morgan fingerprint density at radius 3 is 2.58 bits per heavy atom. The molecule has 1 aliphatic carbocycles. The third-order valence-electron chi connectivity index (χ3n) is 5.88. The fraction of sp³-hybridized carbons (Fsp3) is 0.647. The maximum Gasteiger partial charge on any atom is 0.311 e. The molecule has 0 bridgehead atoms. The van der Waals surface area contributed by atoms with Crippen molar-refractivity contribution in [1.82, 2.24) is 15.1 Å². The highest BCUT2D eigenvalue weighted by molar-refractivity contribution is 5.93. The summed E-state index contributed by atoms with van der Waals surface area (Å²) in [5.74, 6) is -0.0959. The van der Waals surface area contributed by atoms with Crippen LogP contribution in [0, 0.1) is 11.3 Å². The number of likely N-dealkylation sites (tertiary alicyclic amines) is 1. The number of fused-ring (bicyclic) bond motifs is 1. The van der Waals surface area contributed by atoms with Crippen LogP contribution in [0.4, 0.5) is 5.82 Å². The van der Waals surface area contributed by atoms with Crippen LogP contribution >= 0.6 is 0 Å². The molecule has 0 aromatic carbocycles. The van der Waals surface area contributed by atoms with E-state index in [1.807, 2.05) is 6.07 Å². The number of nitrogens with zero attached hydrogens (tertiary/aromatic N) is 4. The topological polar surface area (TPSA) is 86.6 Å². The Kier molecular flexibility index (Phi) is 3.66. The first-order valence-electron chi connectivity index (χ1n) is 8.71. The maximum absolute atomic E-state index is 12.7. The van der Waals surface area contributed by atoms with E-state index in [4.69, 9.17) is 0 Å². The third kappa shape index (κ3) is 2.34. The van der Waals surface area contributed by atoms with Gasteiger partial charge in [-0.3, -0.25) is 9.59 Å². The zero-order valence-corrected chi connectivity index (χ0v) is 13.6. The van der Waals surface area contributed by atoms with Gasteiger partial charge >= 0.3 is 5.97 Å². The highest BCUT2D eigenvalue weighted by Gasteiger charge is 2.55. The van der Waals surface area contributed by atoms with E-state index in [2.05, 4.69) is 15.1 Å². The third-order valence-corrected chi connectivity index (χ3v) is 5.88. The molecule has 2 atom stereocenters. The van der Waals surface area contributed by atoms with Gasteiger partial charge in [0.1, 0.15) is 0 Å². The number of hydrogen-bond donors (Lipinski definition) is 1. The van der Waals surface area contributed by atoms with Crippen LogP contribution in [0.3, 0.4) is 0 Å². The largest absolute Gasteiger partial charge is 0.481 e. The van der Waals surface area contributed by atoms with Crippen LogP contribution in [0.1, 0.15) is 42.6 Å². The van der Waals surface area contributed by atoms with Gasteiger partial charge in [-0.2, -0.15) is 0 Å². The van der Waals surface area contributed by atoms with Crippen molar-refractivity contribution >= 4 is 17.7 Å². The van der Waals surface area contributed by atoms with E-state index in [0.29, 0.717) is 25.2 Å². The molecule has 0 spiro atoms. The molecule has 0 radical (unpaired) electrons. The first-order chi connectivity index (χ1) is 11.6. The smallest absolute Gasteiger partial charge is 0.311 e. The Morgan fingerprint density at radius 1 is 1.17 bits per heavy atom. The molecule has 2 saturated heterocycles. The summed E-state index contributed by atoms with van der Waals surface area (Å²) in [4.78, 5) is 28.2. The van der Waals surface area contributed by atoms with Crippen molar-refractivity contribution in [2.75, 3.05) is 31.1 Å². The van der Waals surface area contributed by atoms with Crippen LogP contribution in [-0.2, 0) is 4.79 Å². The normalized spacial score (nSPS) is 29.1. The molecule has 7 heteroatoms. The monoisotopic (exact) mass is 330 g/mol. The lowest BCUT2D eigenvalue weighted by Gasteiger charge is -2.23. The van der Waals surface area contributed by atoms with Crippen LogP contribution in [-0.4, -0.2) is 58.3 Å². The van der Waals surface area contributed by atoms with E-state index in [1.165, 1.54) is 0 Å². The van der Waals surface area contributed by atoms with Gasteiger partial charge in [0.25, 0.3) is 5.91 Å². The van der Waals surface area contributed by atoms with Gasteiger partial charge in [0.2, 0.25) is 0 Å². The number of hydrogen-bond acceptors (Lipinski definition) is 5. The van der Waals surface area contributed by atoms with Crippen molar-refractivity contribution in [3.05, 3.63) is 17.8 Å². The summed E-state index contributed by atoms with van der Waals surface area (Å²) in [6.45, 7) is 2.77. The number of aliphatic carboxylic acids is 1. The first-order valence-corrected chi connectivity index (χ1v) is 8.71. The lowest BCUT2D eigenvalue weighted by molar-refractivity contribution is -0.149. The molecule has 24 heavy (non-hydrogen) atoms. The minimum absolute atomic E-state index is 0.0655. The Labute approximate surface area is 140 Å². The van der Waals surface area contributed by atoms with E-state index in [-0.39, 0.29) is 11.8 Å². The Balaban J connectivity index is 1.49. The molecule has 3 fully saturated rings. The number of rotatable bonds is 3. The Bertz CT molecular complexity index is 656. The molecule has 128 valence electrons. The molecular formula is C17H22N4O3. The summed E-state index contributed by atoms with van der Waals surface area (Å²) >= 11 is 0. The molecule has 0 unspecified atom stereocenters. The van der Waals surface area contributed by atoms with Gasteiger partial charge < -0.3 is 14.9 Å². The van der Waals surface area contributed by atoms with Crippen LogP contribution < -0.4 is 4.90 Å². The van der Waals surface area contributed by atoms with Gasteiger partial charge in [-0.15, -0.1) is 10.2 Å². The summed E-state index contributed by atoms with van der Waals surface area (Å²) in [5.41, 5.74) is -0.447. The molecular weight excluding hydrogens is 308 g/mol. The number of aromatic nitrogens is 2. The number of carboxylic acid groups (broad SMARTS) is 1. The van der Waals surface area contributed by atoms with Crippen molar-refractivity contribution in [3.63, 3.8) is 0 Å². The zero-order valence-electron chi connectivity index (χ0n) is 13.6. The predicted molar refractivity (Wildman–Crippen MR) is 86.8 cm³/mol. The Hall–Kier alpha value is -2.18. The van der Waals surface area contributed by atoms with Gasteiger partial charge in [-0.25, -0.2) is 0 Å². The number of carbonyl (C=O) groups is 2. The van der Waals surface area contributed by atoms with Gasteiger partial charge in [-0.05, 0) is 43.7 Å². The fourth-order valence-corrected chi connectivity index (χ4v) is 4.51. The predicted octanol–water partition coefficient (Wildman–Crippen LogP) is 1.40. The fourth-order valence-electron chi connectivity index (χ4n) is 4.51. The summed E-state index contributed by atoms with van der Waals surface area (Å²) in [5, 5.41) is 17.9. The average molecular weight is 330 g/mol. The average Bonchev–Trinajstić information content (AvgIpc) is 3.29. The second kappa shape index (κ2) is 5.72. The van der Waals surface area contributed by atoms with E-state index in [1.54, 1.807) is 11.0 Å². The van der Waals surface area contributed by atoms with E-state index in [0.717, 1.165) is 44.6 Å². The van der Waals surface area contributed by atoms with Crippen molar-refractivity contribution in [2.24, 2.45) is 11.3 Å². The first kappa shape index (κ1) is 15.4. The van der Waals surface area contributed by atoms with Gasteiger partial charge in [0, 0.05) is 26.2 Å². The molecule has 4 rings (SSSR count). The van der Waals surface area contributed by atoms with E-state index < -0.39 is 11.4 Å². The van der Waals surface area contributed by atoms with Crippen LogP contribution in [0.2, 0.25) is 0 Å². The number of amides is 1. The Morgan fingerprint density at radius 2 is 1.96 bits per heavy atom. The summed E-state index contributed by atoms with van der Waals surface area (Å²) < 4.78 is 0. The molecule has 1 N–H and O–H groups in total. The molecule has 1 amide bonds. The molecule has 1 aromatic heterocycles. The molecule has 3 aliphatic rings. The SMILES string of the molecule is O=C(c1ccc(N2CCCC2)nn1)N1C[C@@H]2CCC[C@@]2(C(=O)O)C1. The van der Waals surface area contributed by atoms with Gasteiger partial charge in [-0.1, -0.05) is 6.42 Å². The standard InChI is InChI=1S/C17H22N4O3/c22-15(13-5-6-14(19-18-13)20-8-1-2-9-20)21-10-12-4-3-7-17(12,11-21)16(23)24/h5-6,12H,1-4,7-11H2,(H,23,24)/t12-,17+/m0/s1. The second-order valence-electron chi connectivity index (χ2n) is 7.21. The van der Waals surface area contributed by atoms with Crippen LogP contribution in [0.5, 0.6) is 0 Å². The molecule has 1 aromatic rings. The number of carboxylic acids is 1. The molecule has 7 nitrogen and oxygen atoms in total. The lowest BCUT2D eigenvalue weighted by atomic mass is 9.81. The van der Waals surface area contributed by atoms with Crippen molar-refractivity contribution in [3.8, 4) is 0 Å². The molecule has 3 heterocycles.